The van der Waals surface area contributed by atoms with E-state index >= 15 is 0 Å². The van der Waals surface area contributed by atoms with E-state index in [-0.39, 0.29) is 0 Å². The molecule has 4 nitrogen and oxygen atoms in total. The summed E-state index contributed by atoms with van der Waals surface area (Å²) in [6.07, 6.45) is 0. The van der Waals surface area contributed by atoms with Gasteiger partial charge in [0.15, 0.2) is 11.5 Å². The van der Waals surface area contributed by atoms with E-state index in [1.54, 1.807) is 14.2 Å². The molecule has 0 amide bonds. The highest BCUT2D eigenvalue weighted by Gasteiger charge is 2.29. The average Bonchev–Trinajstić information content (AvgIpc) is 2.32. The van der Waals surface area contributed by atoms with Gasteiger partial charge in [-0.3, -0.25) is 0 Å². The predicted molar refractivity (Wildman–Crippen MR) is 65.7 cm³/mol. The van der Waals surface area contributed by atoms with E-state index in [0.717, 1.165) is 24.7 Å². The Bertz CT molecular complexity index is 377. The number of hydrogen-bond donors (Lipinski definition) is 1. The summed E-state index contributed by atoms with van der Waals surface area (Å²) in [4.78, 5) is 0. The van der Waals surface area contributed by atoms with E-state index in [2.05, 4.69) is 6.07 Å². The summed E-state index contributed by atoms with van der Waals surface area (Å²) in [5, 5.41) is 0. The number of hydrogen-bond acceptors (Lipinski definition) is 4. The molecule has 2 N–H and O–H groups in total. The van der Waals surface area contributed by atoms with Crippen LogP contribution in [0.2, 0.25) is 0 Å². The molecule has 1 aliphatic rings. The molecule has 1 atom stereocenters. The lowest BCUT2D eigenvalue weighted by atomic mass is 9.84. The Kier molecular flexibility index (Phi) is 3.86. The van der Waals surface area contributed by atoms with Gasteiger partial charge in [-0.2, -0.15) is 0 Å². The number of ether oxygens (including phenoxy) is 3. The van der Waals surface area contributed by atoms with Gasteiger partial charge in [-0.25, -0.2) is 0 Å². The summed E-state index contributed by atoms with van der Waals surface area (Å²) in [6, 6.07) is 5.99. The van der Waals surface area contributed by atoms with Crippen molar-refractivity contribution in [3.63, 3.8) is 0 Å². The molecule has 2 rings (SSSR count). The van der Waals surface area contributed by atoms with E-state index in [4.69, 9.17) is 19.9 Å². The molecule has 0 spiro atoms. The molecule has 1 aromatic carbocycles. The minimum absolute atomic E-state index is 0.337. The summed E-state index contributed by atoms with van der Waals surface area (Å²) in [5.74, 6) is 2.36. The van der Waals surface area contributed by atoms with Crippen LogP contribution in [-0.4, -0.2) is 34.0 Å². The van der Waals surface area contributed by atoms with Gasteiger partial charge in [0.1, 0.15) is 0 Å². The highest BCUT2D eigenvalue weighted by atomic mass is 16.5. The first-order valence-corrected chi connectivity index (χ1v) is 5.80. The molecule has 4 heteroatoms. The maximum atomic E-state index is 5.85. The molecule has 0 saturated carbocycles. The monoisotopic (exact) mass is 237 g/mol. The maximum Gasteiger partial charge on any atom is 0.160 e. The zero-order valence-electron chi connectivity index (χ0n) is 10.3. The molecule has 0 aromatic heterocycles. The fourth-order valence-electron chi connectivity index (χ4n) is 2.17. The van der Waals surface area contributed by atoms with Gasteiger partial charge in [0.2, 0.25) is 0 Å². The lowest BCUT2D eigenvalue weighted by Gasteiger charge is -2.33. The Morgan fingerprint density at radius 1 is 1.29 bits per heavy atom. The molecule has 0 radical (unpaired) electrons. The van der Waals surface area contributed by atoms with Gasteiger partial charge in [-0.15, -0.1) is 0 Å². The van der Waals surface area contributed by atoms with Crippen molar-refractivity contribution in [3.05, 3.63) is 23.8 Å². The van der Waals surface area contributed by atoms with Gasteiger partial charge < -0.3 is 19.9 Å². The van der Waals surface area contributed by atoms with Crippen molar-refractivity contribution in [2.45, 2.75) is 5.92 Å². The van der Waals surface area contributed by atoms with Crippen molar-refractivity contribution in [1.82, 2.24) is 0 Å². The van der Waals surface area contributed by atoms with E-state index in [1.807, 2.05) is 12.1 Å². The lowest BCUT2D eigenvalue weighted by Crippen LogP contribution is -2.36. The van der Waals surface area contributed by atoms with E-state index in [0.29, 0.717) is 18.4 Å². The molecule has 1 unspecified atom stereocenters. The minimum atomic E-state index is 0.337. The van der Waals surface area contributed by atoms with Gasteiger partial charge in [0, 0.05) is 11.8 Å². The number of nitrogens with two attached hydrogens (primary N) is 1. The van der Waals surface area contributed by atoms with Gasteiger partial charge in [0.05, 0.1) is 27.4 Å². The molecule has 0 aliphatic carbocycles. The summed E-state index contributed by atoms with van der Waals surface area (Å²) < 4.78 is 15.8. The number of rotatable bonds is 5. The largest absolute Gasteiger partial charge is 0.493 e. The van der Waals surface area contributed by atoms with Crippen molar-refractivity contribution < 1.29 is 14.2 Å². The molecular formula is C13H19NO3. The average molecular weight is 237 g/mol. The molecule has 1 fully saturated rings. The van der Waals surface area contributed by atoms with E-state index < -0.39 is 0 Å². The second-order valence-electron chi connectivity index (χ2n) is 4.25. The van der Waals surface area contributed by atoms with Crippen LogP contribution in [0.3, 0.4) is 0 Å². The SMILES string of the molecule is COc1ccc(C(CN)C2COC2)cc1OC. The first-order valence-electron chi connectivity index (χ1n) is 5.80. The Labute approximate surface area is 102 Å². The third kappa shape index (κ3) is 2.37. The predicted octanol–water partition coefficient (Wildman–Crippen LogP) is 1.39. The molecule has 1 aliphatic heterocycles. The summed E-state index contributed by atoms with van der Waals surface area (Å²) in [7, 11) is 3.28. The van der Waals surface area contributed by atoms with E-state index in [1.165, 1.54) is 5.56 Å². The summed E-state index contributed by atoms with van der Waals surface area (Å²) in [6.45, 7) is 2.23. The molecule has 1 heterocycles. The zero-order valence-corrected chi connectivity index (χ0v) is 10.3. The first-order chi connectivity index (χ1) is 8.30. The zero-order chi connectivity index (χ0) is 12.3. The second kappa shape index (κ2) is 5.38. The second-order valence-corrected chi connectivity index (χ2v) is 4.25. The Balaban J connectivity index is 2.24. The molecule has 17 heavy (non-hydrogen) atoms. The Morgan fingerprint density at radius 3 is 2.47 bits per heavy atom. The van der Waals surface area contributed by atoms with Crippen molar-refractivity contribution >= 4 is 0 Å². The third-order valence-corrected chi connectivity index (χ3v) is 3.32. The van der Waals surface area contributed by atoms with Gasteiger partial charge >= 0.3 is 0 Å². The number of methoxy groups -OCH3 is 2. The summed E-state index contributed by atoms with van der Waals surface area (Å²) >= 11 is 0. The van der Waals surface area contributed by atoms with Crippen LogP contribution in [0.4, 0.5) is 0 Å². The van der Waals surface area contributed by atoms with Crippen LogP contribution in [0.5, 0.6) is 11.5 Å². The van der Waals surface area contributed by atoms with Crippen LogP contribution in [0.25, 0.3) is 0 Å². The van der Waals surface area contributed by atoms with Gasteiger partial charge in [0.25, 0.3) is 0 Å². The molecular weight excluding hydrogens is 218 g/mol. The number of benzene rings is 1. The molecule has 1 saturated heterocycles. The van der Waals surface area contributed by atoms with Crippen LogP contribution in [0, 0.1) is 5.92 Å². The maximum absolute atomic E-state index is 5.85. The van der Waals surface area contributed by atoms with Crippen LogP contribution >= 0.6 is 0 Å². The minimum Gasteiger partial charge on any atom is -0.493 e. The smallest absolute Gasteiger partial charge is 0.160 e. The quantitative estimate of drug-likeness (QED) is 0.841. The Hall–Kier alpha value is -1.26. The standard InChI is InChI=1S/C13H19NO3/c1-15-12-4-3-9(5-13(12)16-2)11(6-14)10-7-17-8-10/h3-5,10-11H,6-8,14H2,1-2H3. The van der Waals surface area contributed by atoms with Gasteiger partial charge in [-0.1, -0.05) is 6.07 Å². The third-order valence-electron chi connectivity index (χ3n) is 3.32. The van der Waals surface area contributed by atoms with Crippen molar-refractivity contribution in [2.75, 3.05) is 34.0 Å². The van der Waals surface area contributed by atoms with Crippen LogP contribution in [0.15, 0.2) is 18.2 Å². The van der Waals surface area contributed by atoms with Crippen molar-refractivity contribution in [2.24, 2.45) is 11.7 Å². The topological polar surface area (TPSA) is 53.7 Å². The first kappa shape index (κ1) is 12.2. The fourth-order valence-corrected chi connectivity index (χ4v) is 2.17. The van der Waals surface area contributed by atoms with Crippen molar-refractivity contribution in [1.29, 1.82) is 0 Å². The molecule has 0 bridgehead atoms. The van der Waals surface area contributed by atoms with Crippen molar-refractivity contribution in [3.8, 4) is 11.5 Å². The van der Waals surface area contributed by atoms with Crippen LogP contribution in [0.1, 0.15) is 11.5 Å². The highest BCUT2D eigenvalue weighted by Crippen LogP contribution is 2.35. The highest BCUT2D eigenvalue weighted by molar-refractivity contribution is 5.44. The van der Waals surface area contributed by atoms with E-state index in [9.17, 15) is 0 Å². The Morgan fingerprint density at radius 2 is 2.00 bits per heavy atom. The molecule has 1 aromatic rings. The van der Waals surface area contributed by atoms with Crippen LogP contribution in [-0.2, 0) is 4.74 Å². The molecule has 94 valence electrons. The van der Waals surface area contributed by atoms with Gasteiger partial charge in [-0.05, 0) is 24.2 Å². The fraction of sp³-hybridized carbons (Fsp3) is 0.538. The summed E-state index contributed by atoms with van der Waals surface area (Å²) in [5.41, 5.74) is 7.04. The lowest BCUT2D eigenvalue weighted by molar-refractivity contribution is -0.0437. The van der Waals surface area contributed by atoms with Crippen LogP contribution < -0.4 is 15.2 Å². The normalized spacial score (nSPS) is 17.4.